The van der Waals surface area contributed by atoms with Crippen molar-refractivity contribution in [2.75, 3.05) is 25.0 Å². The van der Waals surface area contributed by atoms with Gasteiger partial charge in [-0.05, 0) is 43.0 Å². The van der Waals surface area contributed by atoms with Crippen LogP contribution in [0.5, 0.6) is 0 Å². The molecule has 1 amide bonds. The van der Waals surface area contributed by atoms with Gasteiger partial charge >= 0.3 is 0 Å². The minimum atomic E-state index is -0.0709. The molecule has 1 aromatic carbocycles. The van der Waals surface area contributed by atoms with Crippen LogP contribution >= 0.6 is 0 Å². The van der Waals surface area contributed by atoms with Gasteiger partial charge in [0.25, 0.3) is 0 Å². The third-order valence-electron chi connectivity index (χ3n) is 3.29. The second kappa shape index (κ2) is 9.78. The third kappa shape index (κ3) is 6.77. The zero-order chi connectivity index (χ0) is 15.5. The summed E-state index contributed by atoms with van der Waals surface area (Å²) in [5.74, 6) is 0.261. The molecule has 5 nitrogen and oxygen atoms in total. The molecule has 21 heavy (non-hydrogen) atoms. The summed E-state index contributed by atoms with van der Waals surface area (Å²) in [6.07, 6.45) is 2.77. The number of carbonyl (C=O) groups is 1. The standard InChI is InChI=1S/C16H23N3O2/c1-2-3-14(8-9-20)11-19-16(21)12-18-15-6-4-13(10-17)5-7-15/h4-7,14,18,20H,2-3,8-9,11-12H2,1H3,(H,19,21). The molecule has 0 aliphatic carbocycles. The van der Waals surface area contributed by atoms with Crippen LogP contribution < -0.4 is 10.6 Å². The van der Waals surface area contributed by atoms with E-state index in [2.05, 4.69) is 17.6 Å². The Morgan fingerprint density at radius 2 is 2.05 bits per heavy atom. The van der Waals surface area contributed by atoms with Gasteiger partial charge in [0, 0.05) is 18.8 Å². The van der Waals surface area contributed by atoms with Crippen LogP contribution in [0.2, 0.25) is 0 Å². The maximum atomic E-state index is 11.8. The molecule has 1 aromatic rings. The molecule has 1 rings (SSSR count). The van der Waals surface area contributed by atoms with E-state index >= 15 is 0 Å². The molecule has 3 N–H and O–H groups in total. The Labute approximate surface area is 126 Å². The number of nitrogens with zero attached hydrogens (tertiary/aromatic N) is 1. The number of benzene rings is 1. The number of aliphatic hydroxyl groups is 1. The van der Waals surface area contributed by atoms with E-state index in [1.165, 1.54) is 0 Å². The summed E-state index contributed by atoms with van der Waals surface area (Å²) in [6.45, 7) is 3.05. The molecular formula is C16H23N3O2. The number of hydrogen-bond donors (Lipinski definition) is 3. The largest absolute Gasteiger partial charge is 0.396 e. The summed E-state index contributed by atoms with van der Waals surface area (Å²) in [5, 5.41) is 23.6. The molecule has 0 aromatic heterocycles. The number of anilines is 1. The zero-order valence-corrected chi connectivity index (χ0v) is 12.4. The summed E-state index contributed by atoms with van der Waals surface area (Å²) >= 11 is 0. The number of amides is 1. The fourth-order valence-corrected chi connectivity index (χ4v) is 2.10. The fraction of sp³-hybridized carbons (Fsp3) is 0.500. The van der Waals surface area contributed by atoms with E-state index in [4.69, 9.17) is 10.4 Å². The molecule has 0 spiro atoms. The highest BCUT2D eigenvalue weighted by Crippen LogP contribution is 2.10. The van der Waals surface area contributed by atoms with Crippen molar-refractivity contribution in [3.63, 3.8) is 0 Å². The minimum absolute atomic E-state index is 0.0709. The van der Waals surface area contributed by atoms with Crippen LogP contribution in [0.15, 0.2) is 24.3 Å². The highest BCUT2D eigenvalue weighted by atomic mass is 16.3. The smallest absolute Gasteiger partial charge is 0.239 e. The molecule has 1 unspecified atom stereocenters. The van der Waals surface area contributed by atoms with Crippen LogP contribution in [0.25, 0.3) is 0 Å². The Balaban J connectivity index is 2.31. The molecule has 0 radical (unpaired) electrons. The van der Waals surface area contributed by atoms with Crippen molar-refractivity contribution in [3.05, 3.63) is 29.8 Å². The molecule has 5 heteroatoms. The van der Waals surface area contributed by atoms with Crippen molar-refractivity contribution >= 4 is 11.6 Å². The number of carbonyl (C=O) groups excluding carboxylic acids is 1. The number of rotatable bonds is 9. The van der Waals surface area contributed by atoms with Crippen molar-refractivity contribution in [1.82, 2.24) is 5.32 Å². The third-order valence-corrected chi connectivity index (χ3v) is 3.29. The van der Waals surface area contributed by atoms with Gasteiger partial charge in [-0.15, -0.1) is 0 Å². The van der Waals surface area contributed by atoms with Gasteiger partial charge in [0.05, 0.1) is 18.2 Å². The Bertz CT molecular complexity index is 459. The van der Waals surface area contributed by atoms with Gasteiger partial charge < -0.3 is 15.7 Å². The van der Waals surface area contributed by atoms with E-state index < -0.39 is 0 Å². The Hall–Kier alpha value is -2.06. The van der Waals surface area contributed by atoms with Gasteiger partial charge in [0.15, 0.2) is 0 Å². The lowest BCUT2D eigenvalue weighted by Gasteiger charge is -2.16. The van der Waals surface area contributed by atoms with Crippen molar-refractivity contribution in [1.29, 1.82) is 5.26 Å². The first-order valence-electron chi connectivity index (χ1n) is 7.31. The quantitative estimate of drug-likeness (QED) is 0.648. The molecule has 1 atom stereocenters. The summed E-state index contributed by atoms with van der Waals surface area (Å²) in [4.78, 5) is 11.8. The first-order valence-corrected chi connectivity index (χ1v) is 7.31. The van der Waals surface area contributed by atoms with E-state index in [0.29, 0.717) is 18.0 Å². The highest BCUT2D eigenvalue weighted by molar-refractivity contribution is 5.80. The number of nitriles is 1. The summed E-state index contributed by atoms with van der Waals surface area (Å²) in [6, 6.07) is 9.01. The summed E-state index contributed by atoms with van der Waals surface area (Å²) in [7, 11) is 0. The summed E-state index contributed by atoms with van der Waals surface area (Å²) < 4.78 is 0. The first kappa shape index (κ1) is 17.0. The SMILES string of the molecule is CCCC(CCO)CNC(=O)CNc1ccc(C#N)cc1. The van der Waals surface area contributed by atoms with Crippen LogP contribution in [-0.2, 0) is 4.79 Å². The van der Waals surface area contributed by atoms with E-state index in [1.807, 2.05) is 6.07 Å². The highest BCUT2D eigenvalue weighted by Gasteiger charge is 2.09. The number of aliphatic hydroxyl groups excluding tert-OH is 1. The molecule has 0 aliphatic heterocycles. The van der Waals surface area contributed by atoms with Gasteiger partial charge in [-0.1, -0.05) is 13.3 Å². The lowest BCUT2D eigenvalue weighted by molar-refractivity contribution is -0.119. The van der Waals surface area contributed by atoms with Crippen LogP contribution in [-0.4, -0.2) is 30.7 Å². The van der Waals surface area contributed by atoms with Gasteiger partial charge in [0.2, 0.25) is 5.91 Å². The van der Waals surface area contributed by atoms with Gasteiger partial charge in [-0.2, -0.15) is 5.26 Å². The van der Waals surface area contributed by atoms with Crippen LogP contribution in [0.1, 0.15) is 31.7 Å². The van der Waals surface area contributed by atoms with Crippen molar-refractivity contribution in [3.8, 4) is 6.07 Å². The maximum Gasteiger partial charge on any atom is 0.239 e. The number of hydrogen-bond acceptors (Lipinski definition) is 4. The monoisotopic (exact) mass is 289 g/mol. The molecule has 0 aliphatic rings. The average Bonchev–Trinajstić information content (AvgIpc) is 2.51. The lowest BCUT2D eigenvalue weighted by Crippen LogP contribution is -2.34. The van der Waals surface area contributed by atoms with Crippen LogP contribution in [0.3, 0.4) is 0 Å². The van der Waals surface area contributed by atoms with E-state index in [1.54, 1.807) is 24.3 Å². The van der Waals surface area contributed by atoms with E-state index in [-0.39, 0.29) is 19.1 Å². The predicted octanol–water partition coefficient (Wildman–Crippen LogP) is 1.89. The lowest BCUT2D eigenvalue weighted by atomic mass is 10.0. The Kier molecular flexibility index (Phi) is 7.92. The number of nitrogens with one attached hydrogen (secondary N) is 2. The van der Waals surface area contributed by atoms with Crippen molar-refractivity contribution < 1.29 is 9.90 Å². The van der Waals surface area contributed by atoms with Crippen LogP contribution in [0.4, 0.5) is 5.69 Å². The van der Waals surface area contributed by atoms with Gasteiger partial charge in [0.1, 0.15) is 0 Å². The second-order valence-electron chi connectivity index (χ2n) is 5.01. The predicted molar refractivity (Wildman–Crippen MR) is 82.8 cm³/mol. The van der Waals surface area contributed by atoms with Gasteiger partial charge in [-0.3, -0.25) is 4.79 Å². The Morgan fingerprint density at radius 3 is 2.62 bits per heavy atom. The topological polar surface area (TPSA) is 85.2 Å². The molecule has 0 fully saturated rings. The molecule has 0 heterocycles. The zero-order valence-electron chi connectivity index (χ0n) is 12.4. The second-order valence-corrected chi connectivity index (χ2v) is 5.01. The Morgan fingerprint density at radius 1 is 1.33 bits per heavy atom. The molecule has 114 valence electrons. The van der Waals surface area contributed by atoms with Crippen molar-refractivity contribution in [2.45, 2.75) is 26.2 Å². The van der Waals surface area contributed by atoms with Crippen molar-refractivity contribution in [2.24, 2.45) is 5.92 Å². The average molecular weight is 289 g/mol. The van der Waals surface area contributed by atoms with E-state index in [9.17, 15) is 4.79 Å². The molecular weight excluding hydrogens is 266 g/mol. The molecule has 0 bridgehead atoms. The molecule has 0 saturated carbocycles. The maximum absolute atomic E-state index is 11.8. The normalized spacial score (nSPS) is 11.5. The van der Waals surface area contributed by atoms with Crippen LogP contribution in [0, 0.1) is 17.2 Å². The summed E-state index contributed by atoms with van der Waals surface area (Å²) in [5.41, 5.74) is 1.40. The fourth-order valence-electron chi connectivity index (χ4n) is 2.10. The first-order chi connectivity index (χ1) is 10.2. The van der Waals surface area contributed by atoms with Gasteiger partial charge in [-0.25, -0.2) is 0 Å². The minimum Gasteiger partial charge on any atom is -0.396 e. The van der Waals surface area contributed by atoms with E-state index in [0.717, 1.165) is 24.9 Å². The molecule has 0 saturated heterocycles.